The lowest BCUT2D eigenvalue weighted by atomic mass is 10.0. The maximum atomic E-state index is 12.7. The molecule has 24 heavy (non-hydrogen) atoms. The van der Waals surface area contributed by atoms with E-state index in [1.54, 1.807) is 24.2 Å². The van der Waals surface area contributed by atoms with Gasteiger partial charge in [-0.25, -0.2) is 0 Å². The van der Waals surface area contributed by atoms with Gasteiger partial charge in [-0.15, -0.1) is 11.8 Å². The van der Waals surface area contributed by atoms with E-state index < -0.39 is 0 Å². The Hall–Kier alpha value is -1.85. The highest BCUT2D eigenvalue weighted by Crippen LogP contribution is 2.25. The number of piperazine rings is 1. The van der Waals surface area contributed by atoms with E-state index in [1.165, 1.54) is 11.1 Å². The van der Waals surface area contributed by atoms with Crippen LogP contribution < -0.4 is 5.32 Å². The number of carbonyl (C=O) groups is 1. The highest BCUT2D eigenvalue weighted by molar-refractivity contribution is 8.00. The normalized spacial score (nSPS) is 17.7. The molecule has 5 heteroatoms. The molecular formula is C19H23N3OS. The number of pyridine rings is 1. The maximum absolute atomic E-state index is 12.7. The Morgan fingerprint density at radius 3 is 2.71 bits per heavy atom. The van der Waals surface area contributed by atoms with Crippen molar-refractivity contribution >= 4 is 17.7 Å². The molecule has 0 aliphatic carbocycles. The number of nitrogens with zero attached hydrogens (tertiary/aromatic N) is 2. The summed E-state index contributed by atoms with van der Waals surface area (Å²) in [4.78, 5) is 19.9. The van der Waals surface area contributed by atoms with E-state index in [2.05, 4.69) is 41.5 Å². The number of benzene rings is 1. The number of nitrogens with one attached hydrogen (secondary N) is 1. The first kappa shape index (κ1) is 17.0. The van der Waals surface area contributed by atoms with Crippen molar-refractivity contribution in [2.45, 2.75) is 24.3 Å². The van der Waals surface area contributed by atoms with Crippen LogP contribution in [0, 0.1) is 0 Å². The van der Waals surface area contributed by atoms with Gasteiger partial charge in [0, 0.05) is 36.9 Å². The average molecular weight is 341 g/mol. The van der Waals surface area contributed by atoms with Gasteiger partial charge in [-0.3, -0.25) is 9.78 Å². The minimum Gasteiger partial charge on any atom is -0.332 e. The fourth-order valence-electron chi connectivity index (χ4n) is 2.94. The fraction of sp³-hybridized carbons (Fsp3) is 0.368. The molecule has 1 N–H and O–H groups in total. The molecule has 1 fully saturated rings. The van der Waals surface area contributed by atoms with Gasteiger partial charge in [0.1, 0.15) is 0 Å². The second-order valence-corrected chi connectivity index (χ2v) is 6.92. The Balaban J connectivity index is 1.67. The summed E-state index contributed by atoms with van der Waals surface area (Å²) < 4.78 is 0. The second-order valence-electron chi connectivity index (χ2n) is 5.87. The minimum absolute atomic E-state index is 0.121. The summed E-state index contributed by atoms with van der Waals surface area (Å²) in [5.41, 5.74) is 2.54. The maximum Gasteiger partial charge on any atom is 0.233 e. The molecule has 3 rings (SSSR count). The van der Waals surface area contributed by atoms with Crippen molar-refractivity contribution in [2.24, 2.45) is 0 Å². The number of amides is 1. The van der Waals surface area contributed by atoms with Crippen LogP contribution in [0.15, 0.2) is 53.7 Å². The number of aromatic nitrogens is 1. The van der Waals surface area contributed by atoms with Crippen LogP contribution in [0.3, 0.4) is 0 Å². The molecule has 1 aliphatic heterocycles. The van der Waals surface area contributed by atoms with Crippen LogP contribution in [0.4, 0.5) is 0 Å². The van der Waals surface area contributed by atoms with Gasteiger partial charge in [-0.2, -0.15) is 0 Å². The first-order valence-electron chi connectivity index (χ1n) is 8.39. The molecule has 0 radical (unpaired) electrons. The molecule has 0 saturated carbocycles. The molecule has 1 aromatic heterocycles. The molecule has 2 heterocycles. The SMILES string of the molecule is CCc1ccc(C2CNCCN2C(=O)CSc2ccncc2)cc1. The van der Waals surface area contributed by atoms with Gasteiger partial charge >= 0.3 is 0 Å². The van der Waals surface area contributed by atoms with Crippen LogP contribution in [0.2, 0.25) is 0 Å². The Bertz CT molecular complexity index is 660. The predicted octanol–water partition coefficient (Wildman–Crippen LogP) is 2.91. The van der Waals surface area contributed by atoms with Gasteiger partial charge in [0.05, 0.1) is 11.8 Å². The third kappa shape index (κ3) is 4.16. The first-order chi connectivity index (χ1) is 11.8. The molecule has 0 bridgehead atoms. The molecule has 1 saturated heterocycles. The van der Waals surface area contributed by atoms with Gasteiger partial charge in [0.15, 0.2) is 0 Å². The molecule has 0 spiro atoms. The molecule has 4 nitrogen and oxygen atoms in total. The highest BCUT2D eigenvalue weighted by atomic mass is 32.2. The third-order valence-corrected chi connectivity index (χ3v) is 5.35. The van der Waals surface area contributed by atoms with E-state index in [1.807, 2.05) is 17.0 Å². The topological polar surface area (TPSA) is 45.2 Å². The fourth-order valence-corrected chi connectivity index (χ4v) is 3.71. The van der Waals surface area contributed by atoms with E-state index in [9.17, 15) is 4.79 Å². The summed E-state index contributed by atoms with van der Waals surface area (Å²) in [5.74, 6) is 0.663. The molecule has 1 atom stereocenters. The second kappa shape index (κ2) is 8.31. The lowest BCUT2D eigenvalue weighted by Gasteiger charge is -2.36. The molecule has 1 aliphatic rings. The molecule has 126 valence electrons. The van der Waals surface area contributed by atoms with Gasteiger partial charge in [-0.1, -0.05) is 31.2 Å². The van der Waals surface area contributed by atoms with Crippen molar-refractivity contribution in [3.05, 3.63) is 59.9 Å². The van der Waals surface area contributed by atoms with Crippen LogP contribution >= 0.6 is 11.8 Å². The van der Waals surface area contributed by atoms with Crippen LogP contribution in [-0.2, 0) is 11.2 Å². The Morgan fingerprint density at radius 1 is 1.25 bits per heavy atom. The van der Waals surface area contributed by atoms with Crippen molar-refractivity contribution < 1.29 is 4.79 Å². The van der Waals surface area contributed by atoms with E-state index in [0.29, 0.717) is 5.75 Å². The highest BCUT2D eigenvalue weighted by Gasteiger charge is 2.27. The number of hydrogen-bond donors (Lipinski definition) is 1. The summed E-state index contributed by atoms with van der Waals surface area (Å²) >= 11 is 1.57. The van der Waals surface area contributed by atoms with Crippen molar-refractivity contribution in [1.29, 1.82) is 0 Å². The summed E-state index contributed by atoms with van der Waals surface area (Å²) in [6.07, 6.45) is 4.56. The smallest absolute Gasteiger partial charge is 0.233 e. The van der Waals surface area contributed by atoms with Gasteiger partial charge in [-0.05, 0) is 29.7 Å². The quantitative estimate of drug-likeness (QED) is 0.850. The first-order valence-corrected chi connectivity index (χ1v) is 9.38. The third-order valence-electron chi connectivity index (χ3n) is 4.35. The monoisotopic (exact) mass is 341 g/mol. The van der Waals surface area contributed by atoms with Crippen LogP contribution in [-0.4, -0.2) is 41.2 Å². The van der Waals surface area contributed by atoms with Gasteiger partial charge in [0.2, 0.25) is 5.91 Å². The number of aryl methyl sites for hydroxylation is 1. The Morgan fingerprint density at radius 2 is 2.00 bits per heavy atom. The van der Waals surface area contributed by atoms with Crippen molar-refractivity contribution in [1.82, 2.24) is 15.2 Å². The predicted molar refractivity (Wildman–Crippen MR) is 98.1 cm³/mol. The standard InChI is InChI=1S/C19H23N3OS/c1-2-15-3-5-16(6-4-15)18-13-21-11-12-22(18)19(23)14-24-17-7-9-20-10-8-17/h3-10,18,21H,2,11-14H2,1H3. The van der Waals surface area contributed by atoms with E-state index in [0.717, 1.165) is 31.0 Å². The number of hydrogen-bond acceptors (Lipinski definition) is 4. The zero-order chi connectivity index (χ0) is 16.8. The number of thioether (sulfide) groups is 1. The van der Waals surface area contributed by atoms with Gasteiger partial charge < -0.3 is 10.2 Å². The lowest BCUT2D eigenvalue weighted by molar-refractivity contribution is -0.131. The molecular weight excluding hydrogens is 318 g/mol. The van der Waals surface area contributed by atoms with Crippen LogP contribution in [0.5, 0.6) is 0 Å². The van der Waals surface area contributed by atoms with E-state index in [-0.39, 0.29) is 11.9 Å². The summed E-state index contributed by atoms with van der Waals surface area (Å²) in [6, 6.07) is 12.7. The van der Waals surface area contributed by atoms with Crippen molar-refractivity contribution in [2.75, 3.05) is 25.4 Å². The largest absolute Gasteiger partial charge is 0.332 e. The van der Waals surface area contributed by atoms with Crippen LogP contribution in [0.1, 0.15) is 24.1 Å². The lowest BCUT2D eigenvalue weighted by Crippen LogP contribution is -2.49. The summed E-state index contributed by atoms with van der Waals surface area (Å²) in [5, 5.41) is 3.41. The van der Waals surface area contributed by atoms with Crippen molar-refractivity contribution in [3.63, 3.8) is 0 Å². The van der Waals surface area contributed by atoms with E-state index in [4.69, 9.17) is 0 Å². The molecule has 1 amide bonds. The zero-order valence-electron chi connectivity index (χ0n) is 13.9. The van der Waals surface area contributed by atoms with Crippen molar-refractivity contribution in [3.8, 4) is 0 Å². The summed E-state index contributed by atoms with van der Waals surface area (Å²) in [7, 11) is 0. The number of rotatable bonds is 5. The molecule has 1 aromatic carbocycles. The number of carbonyl (C=O) groups excluding carboxylic acids is 1. The molecule has 1 unspecified atom stereocenters. The summed E-state index contributed by atoms with van der Waals surface area (Å²) in [6.45, 7) is 4.59. The zero-order valence-corrected chi connectivity index (χ0v) is 14.8. The minimum atomic E-state index is 0.121. The van der Waals surface area contributed by atoms with Crippen LogP contribution in [0.25, 0.3) is 0 Å². The average Bonchev–Trinajstić information content (AvgIpc) is 2.67. The van der Waals surface area contributed by atoms with E-state index >= 15 is 0 Å². The Labute approximate surface area is 147 Å². The van der Waals surface area contributed by atoms with Gasteiger partial charge in [0.25, 0.3) is 0 Å². The Kier molecular flexibility index (Phi) is 5.88. The molecule has 2 aromatic rings.